The molecule has 1 atom stereocenters. The number of aliphatic carboxylic acids is 1. The third kappa shape index (κ3) is 4.34. The third-order valence-electron chi connectivity index (χ3n) is 3.32. The van der Waals surface area contributed by atoms with E-state index in [0.717, 1.165) is 25.7 Å². The molecular weight excluding hydrogens is 222 g/mol. The Labute approximate surface area is 102 Å². The second-order valence-corrected chi connectivity index (χ2v) is 4.59. The Morgan fingerprint density at radius 2 is 1.94 bits per heavy atom. The highest BCUT2D eigenvalue weighted by molar-refractivity contribution is 5.78. The van der Waals surface area contributed by atoms with Crippen molar-refractivity contribution < 1.29 is 19.4 Å². The van der Waals surface area contributed by atoms with Crippen LogP contribution in [0.15, 0.2) is 0 Å². The van der Waals surface area contributed by atoms with Crippen molar-refractivity contribution in [2.45, 2.75) is 51.2 Å². The van der Waals surface area contributed by atoms with Crippen LogP contribution in [-0.2, 0) is 14.3 Å². The molecule has 1 rings (SSSR count). The van der Waals surface area contributed by atoms with Gasteiger partial charge < -0.3 is 14.7 Å². The average molecular weight is 243 g/mol. The fourth-order valence-corrected chi connectivity index (χ4v) is 2.04. The smallest absolute Gasteiger partial charge is 0.332 e. The van der Waals surface area contributed by atoms with Gasteiger partial charge in [-0.1, -0.05) is 19.3 Å². The lowest BCUT2D eigenvalue weighted by Gasteiger charge is -2.31. The predicted molar refractivity (Wildman–Crippen MR) is 62.7 cm³/mol. The van der Waals surface area contributed by atoms with Crippen LogP contribution in [-0.4, -0.2) is 47.7 Å². The number of likely N-dealkylation sites (N-methyl/N-ethyl adjacent to an activating group) is 1. The van der Waals surface area contributed by atoms with E-state index < -0.39 is 12.1 Å². The molecular formula is C12H21NO4. The van der Waals surface area contributed by atoms with Crippen molar-refractivity contribution in [3.63, 3.8) is 0 Å². The van der Waals surface area contributed by atoms with Crippen LogP contribution in [0.1, 0.15) is 39.0 Å². The summed E-state index contributed by atoms with van der Waals surface area (Å²) in [6.07, 6.45) is 4.71. The number of hydrogen-bond donors (Lipinski definition) is 1. The van der Waals surface area contributed by atoms with E-state index in [2.05, 4.69) is 0 Å². The fraction of sp³-hybridized carbons (Fsp3) is 0.833. The number of rotatable bonds is 5. The van der Waals surface area contributed by atoms with Gasteiger partial charge in [-0.05, 0) is 19.8 Å². The van der Waals surface area contributed by atoms with Crippen molar-refractivity contribution in [2.24, 2.45) is 0 Å². The average Bonchev–Trinajstić information content (AvgIpc) is 2.35. The van der Waals surface area contributed by atoms with E-state index in [1.807, 2.05) is 0 Å². The summed E-state index contributed by atoms with van der Waals surface area (Å²) in [6.45, 7) is 1.27. The van der Waals surface area contributed by atoms with Gasteiger partial charge in [0.2, 0.25) is 5.91 Å². The fourth-order valence-electron chi connectivity index (χ4n) is 2.04. The molecule has 5 nitrogen and oxygen atoms in total. The van der Waals surface area contributed by atoms with Crippen LogP contribution in [0.5, 0.6) is 0 Å². The molecule has 0 bridgehead atoms. The minimum atomic E-state index is -1.04. The highest BCUT2D eigenvalue weighted by atomic mass is 16.5. The maximum atomic E-state index is 11.8. The molecule has 1 aliphatic carbocycles. The Kier molecular flexibility index (Phi) is 5.41. The normalized spacial score (nSPS) is 18.7. The summed E-state index contributed by atoms with van der Waals surface area (Å²) in [5.41, 5.74) is 0. The van der Waals surface area contributed by atoms with Crippen molar-refractivity contribution in [1.82, 2.24) is 4.90 Å². The standard InChI is InChI=1S/C12H21NO4/c1-9(12(15)16)17-8-11(14)13(2)10-6-4-3-5-7-10/h9-10H,3-8H2,1-2H3,(H,15,16)/t9-/m1/s1. The zero-order valence-electron chi connectivity index (χ0n) is 10.5. The minimum Gasteiger partial charge on any atom is -0.479 e. The summed E-state index contributed by atoms with van der Waals surface area (Å²) in [7, 11) is 1.77. The van der Waals surface area contributed by atoms with Gasteiger partial charge >= 0.3 is 5.97 Å². The summed E-state index contributed by atoms with van der Waals surface area (Å²) in [6, 6.07) is 0.292. The number of nitrogens with zero attached hydrogens (tertiary/aromatic N) is 1. The van der Waals surface area contributed by atoms with E-state index in [4.69, 9.17) is 9.84 Å². The maximum Gasteiger partial charge on any atom is 0.332 e. The van der Waals surface area contributed by atoms with Crippen LogP contribution in [0.25, 0.3) is 0 Å². The molecule has 0 aromatic heterocycles. The molecule has 1 N–H and O–H groups in total. The van der Waals surface area contributed by atoms with Crippen LogP contribution < -0.4 is 0 Å². The number of hydrogen-bond acceptors (Lipinski definition) is 3. The lowest BCUT2D eigenvalue weighted by atomic mass is 9.94. The van der Waals surface area contributed by atoms with Gasteiger partial charge in [0.15, 0.2) is 6.10 Å². The Bertz CT molecular complexity index is 274. The van der Waals surface area contributed by atoms with E-state index >= 15 is 0 Å². The number of carbonyl (C=O) groups excluding carboxylic acids is 1. The molecule has 98 valence electrons. The van der Waals surface area contributed by atoms with Crippen molar-refractivity contribution in [2.75, 3.05) is 13.7 Å². The van der Waals surface area contributed by atoms with E-state index in [1.165, 1.54) is 13.3 Å². The van der Waals surface area contributed by atoms with Crippen molar-refractivity contribution in [3.05, 3.63) is 0 Å². The molecule has 0 heterocycles. The summed E-state index contributed by atoms with van der Waals surface area (Å²) >= 11 is 0. The van der Waals surface area contributed by atoms with Gasteiger partial charge in [-0.15, -0.1) is 0 Å². The first kappa shape index (κ1) is 14.0. The zero-order chi connectivity index (χ0) is 12.8. The highest BCUT2D eigenvalue weighted by Crippen LogP contribution is 2.21. The van der Waals surface area contributed by atoms with Crippen LogP contribution in [0.4, 0.5) is 0 Å². The number of carboxylic acids is 1. The molecule has 0 aromatic rings. The molecule has 17 heavy (non-hydrogen) atoms. The van der Waals surface area contributed by atoms with Crippen LogP contribution in [0, 0.1) is 0 Å². The largest absolute Gasteiger partial charge is 0.479 e. The van der Waals surface area contributed by atoms with Crippen LogP contribution in [0.3, 0.4) is 0 Å². The lowest BCUT2D eigenvalue weighted by molar-refractivity contribution is -0.153. The second kappa shape index (κ2) is 6.59. The molecule has 1 amide bonds. The topological polar surface area (TPSA) is 66.8 Å². The first-order valence-corrected chi connectivity index (χ1v) is 6.12. The summed E-state index contributed by atoms with van der Waals surface area (Å²) < 4.78 is 4.99. The third-order valence-corrected chi connectivity index (χ3v) is 3.32. The first-order valence-electron chi connectivity index (χ1n) is 6.12. The van der Waals surface area contributed by atoms with Gasteiger partial charge in [0, 0.05) is 13.1 Å². The summed E-state index contributed by atoms with van der Waals surface area (Å²) in [5, 5.41) is 8.63. The van der Waals surface area contributed by atoms with Gasteiger partial charge in [-0.3, -0.25) is 4.79 Å². The van der Waals surface area contributed by atoms with E-state index in [9.17, 15) is 9.59 Å². The molecule has 1 fully saturated rings. The van der Waals surface area contributed by atoms with Crippen molar-refractivity contribution in [3.8, 4) is 0 Å². The Hall–Kier alpha value is -1.10. The van der Waals surface area contributed by atoms with Gasteiger partial charge in [0.1, 0.15) is 6.61 Å². The Balaban J connectivity index is 2.33. The van der Waals surface area contributed by atoms with Crippen molar-refractivity contribution in [1.29, 1.82) is 0 Å². The molecule has 1 saturated carbocycles. The Morgan fingerprint density at radius 3 is 2.47 bits per heavy atom. The van der Waals surface area contributed by atoms with E-state index in [1.54, 1.807) is 11.9 Å². The molecule has 0 aromatic carbocycles. The lowest BCUT2D eigenvalue weighted by Crippen LogP contribution is -2.41. The van der Waals surface area contributed by atoms with Crippen molar-refractivity contribution >= 4 is 11.9 Å². The SMILES string of the molecule is C[C@@H](OCC(=O)N(C)C1CCCCC1)C(=O)O. The quantitative estimate of drug-likeness (QED) is 0.789. The zero-order valence-corrected chi connectivity index (χ0v) is 10.5. The second-order valence-electron chi connectivity index (χ2n) is 4.59. The van der Waals surface area contributed by atoms with Crippen LogP contribution in [0.2, 0.25) is 0 Å². The molecule has 0 unspecified atom stereocenters. The summed E-state index contributed by atoms with van der Waals surface area (Å²) in [5.74, 6) is -1.18. The van der Waals surface area contributed by atoms with Gasteiger partial charge in [-0.25, -0.2) is 4.79 Å². The maximum absolute atomic E-state index is 11.8. The number of ether oxygens (including phenoxy) is 1. The minimum absolute atomic E-state index is 0.134. The van der Waals surface area contributed by atoms with Gasteiger partial charge in [-0.2, -0.15) is 0 Å². The number of carboxylic acid groups (broad SMARTS) is 1. The van der Waals surface area contributed by atoms with Gasteiger partial charge in [0.05, 0.1) is 0 Å². The molecule has 5 heteroatoms. The molecule has 0 spiro atoms. The van der Waals surface area contributed by atoms with E-state index in [-0.39, 0.29) is 12.5 Å². The first-order chi connectivity index (χ1) is 8.02. The monoisotopic (exact) mass is 243 g/mol. The predicted octanol–water partition coefficient (Wildman–Crippen LogP) is 1.27. The molecule has 1 aliphatic rings. The summed E-state index contributed by atoms with van der Waals surface area (Å²) in [4.78, 5) is 24.0. The molecule has 0 aliphatic heterocycles. The van der Waals surface area contributed by atoms with Gasteiger partial charge in [0.25, 0.3) is 0 Å². The Morgan fingerprint density at radius 1 is 1.35 bits per heavy atom. The molecule has 0 radical (unpaired) electrons. The number of amides is 1. The van der Waals surface area contributed by atoms with Crippen LogP contribution >= 0.6 is 0 Å². The molecule has 0 saturated heterocycles. The highest BCUT2D eigenvalue weighted by Gasteiger charge is 2.23. The number of carbonyl (C=O) groups is 2. The van der Waals surface area contributed by atoms with E-state index in [0.29, 0.717) is 6.04 Å².